The van der Waals surface area contributed by atoms with Crippen molar-refractivity contribution >= 4 is 15.3 Å². The van der Waals surface area contributed by atoms with Gasteiger partial charge in [-0.25, -0.2) is 9.78 Å². The number of carbonyl (C=O) groups excluding carboxylic acids is 1. The zero-order valence-electron chi connectivity index (χ0n) is 11.0. The summed E-state index contributed by atoms with van der Waals surface area (Å²) in [6, 6.07) is 5.11. The zero-order chi connectivity index (χ0) is 13.4. The van der Waals surface area contributed by atoms with Gasteiger partial charge in [0.2, 0.25) is 0 Å². The van der Waals surface area contributed by atoms with E-state index in [9.17, 15) is 4.79 Å². The minimum absolute atomic E-state index is 0.296. The highest BCUT2D eigenvalue weighted by Crippen LogP contribution is 2.06. The van der Waals surface area contributed by atoms with E-state index in [0.717, 1.165) is 0 Å². The van der Waals surface area contributed by atoms with Crippen LogP contribution in [-0.4, -0.2) is 39.2 Å². The standard InChI is InChI=1S/C12H19NO4Si/c1-4-15-18(16-5-2)10(3)17-12(14)11-8-6-7-9-13-11/h6-10,18H,4-5H2,1-3H3. The van der Waals surface area contributed by atoms with Crippen molar-refractivity contribution < 1.29 is 18.4 Å². The van der Waals surface area contributed by atoms with E-state index in [0.29, 0.717) is 18.9 Å². The monoisotopic (exact) mass is 269 g/mol. The molecule has 0 aromatic carbocycles. The van der Waals surface area contributed by atoms with Crippen LogP contribution in [0.25, 0.3) is 0 Å². The molecule has 0 fully saturated rings. The van der Waals surface area contributed by atoms with Crippen molar-refractivity contribution in [3.8, 4) is 0 Å². The second-order valence-corrected chi connectivity index (χ2v) is 5.95. The molecule has 1 aromatic heterocycles. The fraction of sp³-hybridized carbons (Fsp3) is 0.500. The number of hydrogen-bond donors (Lipinski definition) is 0. The van der Waals surface area contributed by atoms with Crippen LogP contribution in [0.4, 0.5) is 0 Å². The molecule has 0 aliphatic heterocycles. The maximum Gasteiger partial charge on any atom is 0.363 e. The lowest BCUT2D eigenvalue weighted by molar-refractivity contribution is 0.0367. The van der Waals surface area contributed by atoms with Crippen LogP contribution in [0.5, 0.6) is 0 Å². The van der Waals surface area contributed by atoms with Gasteiger partial charge < -0.3 is 13.6 Å². The Labute approximate surface area is 109 Å². The van der Waals surface area contributed by atoms with E-state index in [4.69, 9.17) is 13.6 Å². The maximum atomic E-state index is 11.8. The Morgan fingerprint density at radius 3 is 2.50 bits per heavy atom. The molecule has 6 heteroatoms. The van der Waals surface area contributed by atoms with Crippen molar-refractivity contribution in [2.45, 2.75) is 26.5 Å². The molecular formula is C12H19NO4Si. The number of pyridine rings is 1. The molecule has 1 aromatic rings. The first-order valence-electron chi connectivity index (χ1n) is 6.04. The molecule has 18 heavy (non-hydrogen) atoms. The normalized spacial score (nSPS) is 12.4. The van der Waals surface area contributed by atoms with Crippen LogP contribution in [0.1, 0.15) is 31.3 Å². The third-order valence-electron chi connectivity index (χ3n) is 2.21. The van der Waals surface area contributed by atoms with Gasteiger partial charge in [0.1, 0.15) is 11.4 Å². The molecule has 0 aliphatic carbocycles. The van der Waals surface area contributed by atoms with Crippen molar-refractivity contribution in [1.29, 1.82) is 0 Å². The minimum Gasteiger partial charge on any atom is -0.456 e. The highest BCUT2D eigenvalue weighted by atomic mass is 28.3. The second kappa shape index (κ2) is 7.96. The Hall–Kier alpha value is -1.24. The lowest BCUT2D eigenvalue weighted by Gasteiger charge is -2.21. The van der Waals surface area contributed by atoms with Crippen molar-refractivity contribution in [3.63, 3.8) is 0 Å². The Morgan fingerprint density at radius 2 is 2.00 bits per heavy atom. The van der Waals surface area contributed by atoms with Gasteiger partial charge in [-0.1, -0.05) is 6.07 Å². The van der Waals surface area contributed by atoms with Gasteiger partial charge >= 0.3 is 15.3 Å². The second-order valence-electron chi connectivity index (χ2n) is 3.60. The van der Waals surface area contributed by atoms with E-state index >= 15 is 0 Å². The van der Waals surface area contributed by atoms with E-state index in [1.54, 1.807) is 31.3 Å². The lowest BCUT2D eigenvalue weighted by Crippen LogP contribution is -2.38. The van der Waals surface area contributed by atoms with Gasteiger partial charge in [0.15, 0.2) is 0 Å². The van der Waals surface area contributed by atoms with E-state index in [-0.39, 0.29) is 5.73 Å². The predicted octanol–water partition coefficient (Wildman–Crippen LogP) is 1.46. The SMILES string of the molecule is CCO[SiH](OCC)C(C)OC(=O)c1ccccn1. The smallest absolute Gasteiger partial charge is 0.363 e. The summed E-state index contributed by atoms with van der Waals surface area (Å²) in [6.45, 7) is 6.70. The van der Waals surface area contributed by atoms with Gasteiger partial charge in [-0.05, 0) is 32.9 Å². The summed E-state index contributed by atoms with van der Waals surface area (Å²) < 4.78 is 16.3. The molecule has 1 unspecified atom stereocenters. The molecule has 100 valence electrons. The molecule has 1 heterocycles. The lowest BCUT2D eigenvalue weighted by atomic mass is 10.4. The summed E-state index contributed by atoms with van der Waals surface area (Å²) in [4.78, 5) is 15.7. The molecule has 0 spiro atoms. The number of rotatable bonds is 7. The summed E-state index contributed by atoms with van der Waals surface area (Å²) in [5, 5.41) is 0. The number of carbonyl (C=O) groups is 1. The summed E-state index contributed by atoms with van der Waals surface area (Å²) in [6.07, 6.45) is 1.56. The quantitative estimate of drug-likeness (QED) is 0.554. The first-order chi connectivity index (χ1) is 8.69. The molecule has 0 saturated heterocycles. The van der Waals surface area contributed by atoms with Gasteiger partial charge in [-0.3, -0.25) is 0 Å². The van der Waals surface area contributed by atoms with Crippen LogP contribution >= 0.6 is 0 Å². The maximum absolute atomic E-state index is 11.8. The molecule has 0 radical (unpaired) electrons. The molecular weight excluding hydrogens is 250 g/mol. The highest BCUT2D eigenvalue weighted by molar-refractivity contribution is 6.46. The molecule has 0 saturated carbocycles. The van der Waals surface area contributed by atoms with Crippen LogP contribution in [-0.2, 0) is 13.6 Å². The Morgan fingerprint density at radius 1 is 1.33 bits per heavy atom. The third kappa shape index (κ3) is 4.56. The van der Waals surface area contributed by atoms with Gasteiger partial charge in [-0.2, -0.15) is 0 Å². The molecule has 5 nitrogen and oxygen atoms in total. The van der Waals surface area contributed by atoms with E-state index in [2.05, 4.69) is 4.98 Å². The fourth-order valence-electron chi connectivity index (χ4n) is 1.42. The Balaban J connectivity index is 2.57. The van der Waals surface area contributed by atoms with E-state index in [1.807, 2.05) is 13.8 Å². The van der Waals surface area contributed by atoms with Crippen molar-refractivity contribution in [2.24, 2.45) is 0 Å². The molecule has 0 bridgehead atoms. The summed E-state index contributed by atoms with van der Waals surface area (Å²) in [5.74, 6) is -0.444. The summed E-state index contributed by atoms with van der Waals surface area (Å²) in [7, 11) is -1.98. The summed E-state index contributed by atoms with van der Waals surface area (Å²) in [5.41, 5.74) is -0.0514. The largest absolute Gasteiger partial charge is 0.456 e. The Kier molecular flexibility index (Phi) is 6.56. The van der Waals surface area contributed by atoms with Crippen LogP contribution < -0.4 is 0 Å². The number of ether oxygens (including phenoxy) is 1. The van der Waals surface area contributed by atoms with Crippen LogP contribution in [0.15, 0.2) is 24.4 Å². The van der Waals surface area contributed by atoms with Crippen molar-refractivity contribution in [2.75, 3.05) is 13.2 Å². The third-order valence-corrected chi connectivity index (χ3v) is 4.44. The number of aromatic nitrogens is 1. The van der Waals surface area contributed by atoms with Crippen LogP contribution in [0.2, 0.25) is 0 Å². The van der Waals surface area contributed by atoms with Crippen LogP contribution in [0, 0.1) is 0 Å². The van der Waals surface area contributed by atoms with Gasteiger partial charge in [0.05, 0.1) is 0 Å². The number of esters is 1. The van der Waals surface area contributed by atoms with E-state index < -0.39 is 15.3 Å². The first-order valence-corrected chi connectivity index (χ1v) is 7.65. The zero-order valence-corrected chi connectivity index (χ0v) is 12.1. The van der Waals surface area contributed by atoms with Crippen molar-refractivity contribution in [3.05, 3.63) is 30.1 Å². The first kappa shape index (κ1) is 14.8. The minimum atomic E-state index is -1.98. The molecule has 0 amide bonds. The summed E-state index contributed by atoms with van der Waals surface area (Å²) >= 11 is 0. The van der Waals surface area contributed by atoms with Gasteiger partial charge in [-0.15, -0.1) is 0 Å². The van der Waals surface area contributed by atoms with E-state index in [1.165, 1.54) is 0 Å². The van der Waals surface area contributed by atoms with Gasteiger partial charge in [0.25, 0.3) is 0 Å². The molecule has 1 rings (SSSR count). The molecule has 1 atom stereocenters. The fourth-order valence-corrected chi connectivity index (χ4v) is 2.95. The molecule has 0 aliphatic rings. The number of hydrogen-bond acceptors (Lipinski definition) is 5. The van der Waals surface area contributed by atoms with Crippen LogP contribution in [0.3, 0.4) is 0 Å². The topological polar surface area (TPSA) is 57.7 Å². The Bertz CT molecular complexity index is 354. The highest BCUT2D eigenvalue weighted by Gasteiger charge is 2.26. The number of nitrogens with zero attached hydrogens (tertiary/aromatic N) is 1. The average Bonchev–Trinajstić information content (AvgIpc) is 2.39. The van der Waals surface area contributed by atoms with Gasteiger partial charge in [0, 0.05) is 19.4 Å². The average molecular weight is 269 g/mol. The molecule has 0 N–H and O–H groups in total. The van der Waals surface area contributed by atoms with Crippen molar-refractivity contribution in [1.82, 2.24) is 4.98 Å². The predicted molar refractivity (Wildman–Crippen MR) is 69.5 cm³/mol.